The molecule has 1 heterocycles. The van der Waals surface area contributed by atoms with Gasteiger partial charge in [0.1, 0.15) is 0 Å². The number of rotatable bonds is 2. The summed E-state index contributed by atoms with van der Waals surface area (Å²) in [6.45, 7) is 0.725. The average molecular weight is 315 g/mol. The molecule has 2 aliphatic rings. The summed E-state index contributed by atoms with van der Waals surface area (Å²) in [6.07, 6.45) is 6.43. The Kier molecular flexibility index (Phi) is 3.62. The summed E-state index contributed by atoms with van der Waals surface area (Å²) in [5.41, 5.74) is 2.74. The first-order valence-corrected chi connectivity index (χ1v) is 8.14. The molecule has 0 bridgehead atoms. The molecule has 3 nitrogen and oxygen atoms in total. The van der Waals surface area contributed by atoms with E-state index >= 15 is 0 Å². The topological polar surface area (TPSA) is 37.4 Å². The number of nitrogens with zero attached hydrogens (tertiary/aromatic N) is 1. The van der Waals surface area contributed by atoms with Gasteiger partial charge in [0.25, 0.3) is 0 Å². The van der Waals surface area contributed by atoms with E-state index in [1.54, 1.807) is 24.3 Å². The van der Waals surface area contributed by atoms with Crippen LogP contribution in [0.3, 0.4) is 0 Å². The molecule has 0 spiro atoms. The molecule has 0 N–H and O–H groups in total. The fourth-order valence-corrected chi connectivity index (χ4v) is 3.35. The minimum atomic E-state index is -0.0983. The van der Waals surface area contributed by atoms with Crippen LogP contribution in [-0.4, -0.2) is 23.0 Å². The predicted octanol–water partition coefficient (Wildman–Crippen LogP) is 3.95. The Morgan fingerprint density at radius 2 is 1.58 bits per heavy atom. The molecule has 24 heavy (non-hydrogen) atoms. The highest BCUT2D eigenvalue weighted by atomic mass is 16.1. The van der Waals surface area contributed by atoms with Gasteiger partial charge in [0.05, 0.1) is 5.70 Å². The van der Waals surface area contributed by atoms with Gasteiger partial charge in [-0.05, 0) is 12.0 Å². The standard InChI is InChI=1S/C21H17NO2/c23-20-14-19(21(24)18-9-5-4-8-17(18)20)22-12-10-16(11-13-22)15-6-2-1-3-7-15/h1-10,12,14,16H,11,13H2. The number of allylic oxidation sites excluding steroid dienone is 3. The molecule has 4 rings (SSSR count). The number of hydrogen-bond donors (Lipinski definition) is 0. The maximum absolute atomic E-state index is 12.7. The van der Waals surface area contributed by atoms with Gasteiger partial charge in [-0.25, -0.2) is 0 Å². The minimum absolute atomic E-state index is 0.0759. The third-order valence-corrected chi connectivity index (χ3v) is 4.65. The van der Waals surface area contributed by atoms with Crippen molar-refractivity contribution in [2.24, 2.45) is 0 Å². The lowest BCUT2D eigenvalue weighted by atomic mass is 9.90. The summed E-state index contributed by atoms with van der Waals surface area (Å²) < 4.78 is 0. The molecule has 2 aromatic carbocycles. The Balaban J connectivity index is 1.60. The van der Waals surface area contributed by atoms with Crippen LogP contribution in [0.15, 0.2) is 78.6 Å². The zero-order valence-electron chi connectivity index (χ0n) is 13.2. The summed E-state index contributed by atoms with van der Waals surface area (Å²) in [6, 6.07) is 17.3. The van der Waals surface area contributed by atoms with Gasteiger partial charge in [0.2, 0.25) is 5.78 Å². The Bertz CT molecular complexity index is 864. The van der Waals surface area contributed by atoms with Crippen LogP contribution >= 0.6 is 0 Å². The predicted molar refractivity (Wildman–Crippen MR) is 92.8 cm³/mol. The molecule has 0 saturated carbocycles. The van der Waals surface area contributed by atoms with Gasteiger partial charge < -0.3 is 4.90 Å². The van der Waals surface area contributed by atoms with Gasteiger partial charge >= 0.3 is 0 Å². The largest absolute Gasteiger partial charge is 0.345 e. The lowest BCUT2D eigenvalue weighted by molar-refractivity contribution is 0.0960. The molecule has 0 fully saturated rings. The van der Waals surface area contributed by atoms with Crippen molar-refractivity contribution in [3.05, 3.63) is 95.3 Å². The third kappa shape index (κ3) is 2.48. The highest BCUT2D eigenvalue weighted by Crippen LogP contribution is 2.30. The van der Waals surface area contributed by atoms with E-state index in [4.69, 9.17) is 0 Å². The van der Waals surface area contributed by atoms with E-state index in [-0.39, 0.29) is 11.6 Å². The van der Waals surface area contributed by atoms with Crippen molar-refractivity contribution in [3.63, 3.8) is 0 Å². The van der Waals surface area contributed by atoms with E-state index in [1.807, 2.05) is 29.3 Å². The quantitative estimate of drug-likeness (QED) is 0.842. The van der Waals surface area contributed by atoms with Gasteiger partial charge in [-0.1, -0.05) is 60.7 Å². The first kappa shape index (κ1) is 14.6. The second-order valence-corrected chi connectivity index (χ2v) is 6.11. The number of carbonyl (C=O) groups is 2. The Morgan fingerprint density at radius 1 is 0.875 bits per heavy atom. The fraction of sp³-hybridized carbons (Fsp3) is 0.143. The number of benzene rings is 2. The molecule has 1 atom stereocenters. The van der Waals surface area contributed by atoms with Gasteiger partial charge in [0.15, 0.2) is 5.78 Å². The molecule has 3 heteroatoms. The van der Waals surface area contributed by atoms with Crippen LogP contribution in [0.1, 0.15) is 38.6 Å². The Hall–Kier alpha value is -2.94. The van der Waals surface area contributed by atoms with Gasteiger partial charge in [-0.2, -0.15) is 0 Å². The van der Waals surface area contributed by atoms with Crippen molar-refractivity contribution in [1.82, 2.24) is 4.90 Å². The summed E-state index contributed by atoms with van der Waals surface area (Å²) >= 11 is 0. The third-order valence-electron chi connectivity index (χ3n) is 4.65. The van der Waals surface area contributed by atoms with Crippen LogP contribution in [0.25, 0.3) is 0 Å². The van der Waals surface area contributed by atoms with Crippen LogP contribution in [0, 0.1) is 0 Å². The molecular weight excluding hydrogens is 298 g/mol. The lowest BCUT2D eigenvalue weighted by Crippen LogP contribution is -2.31. The normalized spacial score (nSPS) is 19.9. The van der Waals surface area contributed by atoms with Crippen LogP contribution in [0.5, 0.6) is 0 Å². The maximum Gasteiger partial charge on any atom is 0.210 e. The summed E-state index contributed by atoms with van der Waals surface area (Å²) in [4.78, 5) is 26.9. The average Bonchev–Trinajstić information content (AvgIpc) is 2.66. The molecule has 1 unspecified atom stereocenters. The number of carbonyl (C=O) groups excluding carboxylic acids is 2. The molecule has 0 aromatic heterocycles. The SMILES string of the molecule is O=C1C=C(N2C=CC(c3ccccc3)CC2)C(=O)c2ccccc21. The first-order chi connectivity index (χ1) is 11.7. The lowest BCUT2D eigenvalue weighted by Gasteiger charge is -2.30. The zero-order chi connectivity index (χ0) is 16.5. The van der Waals surface area contributed by atoms with Crippen molar-refractivity contribution < 1.29 is 9.59 Å². The Morgan fingerprint density at radius 3 is 2.29 bits per heavy atom. The molecule has 1 aliphatic heterocycles. The summed E-state index contributed by atoms with van der Waals surface area (Å²) in [5, 5.41) is 0. The van der Waals surface area contributed by atoms with Crippen molar-refractivity contribution >= 4 is 11.6 Å². The van der Waals surface area contributed by atoms with Crippen LogP contribution in [-0.2, 0) is 0 Å². The van der Waals surface area contributed by atoms with E-state index in [1.165, 1.54) is 11.6 Å². The van der Waals surface area contributed by atoms with E-state index in [9.17, 15) is 9.59 Å². The number of Topliss-reactive ketones (excluding diaryl/α,β-unsaturated/α-hetero) is 1. The molecule has 1 aliphatic carbocycles. The molecule has 118 valence electrons. The first-order valence-electron chi connectivity index (χ1n) is 8.14. The van der Waals surface area contributed by atoms with Crippen LogP contribution in [0.4, 0.5) is 0 Å². The van der Waals surface area contributed by atoms with E-state index < -0.39 is 0 Å². The van der Waals surface area contributed by atoms with E-state index in [0.29, 0.717) is 22.7 Å². The second-order valence-electron chi connectivity index (χ2n) is 6.11. The molecule has 2 aromatic rings. The van der Waals surface area contributed by atoms with Crippen LogP contribution < -0.4 is 0 Å². The zero-order valence-corrected chi connectivity index (χ0v) is 13.2. The number of fused-ring (bicyclic) bond motifs is 1. The minimum Gasteiger partial charge on any atom is -0.345 e. The number of hydrogen-bond acceptors (Lipinski definition) is 3. The van der Waals surface area contributed by atoms with Gasteiger partial charge in [0, 0.05) is 35.9 Å². The molecule has 0 radical (unpaired) electrons. The van der Waals surface area contributed by atoms with Crippen molar-refractivity contribution in [2.45, 2.75) is 12.3 Å². The van der Waals surface area contributed by atoms with E-state index in [0.717, 1.165) is 13.0 Å². The fourth-order valence-electron chi connectivity index (χ4n) is 3.35. The summed E-state index contributed by atoms with van der Waals surface area (Å²) in [5.74, 6) is 0.177. The van der Waals surface area contributed by atoms with Crippen molar-refractivity contribution in [1.29, 1.82) is 0 Å². The second kappa shape index (κ2) is 5.93. The summed E-state index contributed by atoms with van der Waals surface area (Å²) in [7, 11) is 0. The number of ketones is 2. The Labute approximate surface area is 140 Å². The smallest absolute Gasteiger partial charge is 0.210 e. The van der Waals surface area contributed by atoms with Crippen molar-refractivity contribution in [2.75, 3.05) is 6.54 Å². The van der Waals surface area contributed by atoms with Gasteiger partial charge in [-0.3, -0.25) is 9.59 Å². The maximum atomic E-state index is 12.7. The van der Waals surface area contributed by atoms with E-state index in [2.05, 4.69) is 18.2 Å². The highest BCUT2D eigenvalue weighted by molar-refractivity contribution is 6.24. The van der Waals surface area contributed by atoms with Gasteiger partial charge in [-0.15, -0.1) is 0 Å². The molecule has 0 saturated heterocycles. The molecule has 0 amide bonds. The highest BCUT2D eigenvalue weighted by Gasteiger charge is 2.29. The van der Waals surface area contributed by atoms with Crippen LogP contribution in [0.2, 0.25) is 0 Å². The molecular formula is C21H17NO2. The monoisotopic (exact) mass is 315 g/mol. The van der Waals surface area contributed by atoms with Crippen molar-refractivity contribution in [3.8, 4) is 0 Å².